The van der Waals surface area contributed by atoms with Crippen LogP contribution < -0.4 is 0 Å². The molecule has 2 heterocycles. The van der Waals surface area contributed by atoms with Gasteiger partial charge in [-0.05, 0) is 18.2 Å². The zero-order valence-electron chi connectivity index (χ0n) is 7.86. The second kappa shape index (κ2) is 2.25. The lowest BCUT2D eigenvalue weighted by Gasteiger charge is -2.06. The van der Waals surface area contributed by atoms with E-state index in [1.54, 1.807) is 0 Å². The van der Waals surface area contributed by atoms with Crippen molar-refractivity contribution in [2.45, 2.75) is 0 Å². The average molecular weight is 193 g/mol. The van der Waals surface area contributed by atoms with Crippen LogP contribution in [0.15, 0.2) is 46.6 Å². The summed E-state index contributed by atoms with van der Waals surface area (Å²) in [6.45, 7) is 0. The molecule has 1 aromatic heterocycles. The number of aromatic amines is 1. The van der Waals surface area contributed by atoms with E-state index >= 15 is 0 Å². The molecule has 0 saturated heterocycles. The number of hydrogen-bond donors (Lipinski definition) is 1. The third kappa shape index (κ3) is 0.760. The first-order valence-electron chi connectivity index (χ1n) is 4.89. The number of nitrogens with zero attached hydrogens (tertiary/aromatic N) is 2. The fraction of sp³-hybridized carbons (Fsp3) is 0. The lowest BCUT2D eigenvalue weighted by Crippen LogP contribution is -1.78. The maximum atomic E-state index is 4.05. The molecule has 1 aliphatic heterocycles. The Balaban J connectivity index is 2.32. The zero-order valence-corrected chi connectivity index (χ0v) is 7.86. The Morgan fingerprint density at radius 3 is 2.67 bits per heavy atom. The first-order chi connectivity index (χ1) is 7.43. The van der Waals surface area contributed by atoms with Crippen molar-refractivity contribution >= 4 is 33.2 Å². The Bertz CT molecular complexity index is 722. The molecule has 0 saturated carbocycles. The third-order valence-corrected chi connectivity index (χ3v) is 2.89. The van der Waals surface area contributed by atoms with E-state index in [9.17, 15) is 0 Å². The summed E-state index contributed by atoms with van der Waals surface area (Å²) in [6.07, 6.45) is 0. The van der Waals surface area contributed by atoms with Gasteiger partial charge in [-0.15, -0.1) is 10.2 Å². The van der Waals surface area contributed by atoms with Gasteiger partial charge in [0, 0.05) is 16.3 Å². The quantitative estimate of drug-likeness (QED) is 0.437. The highest BCUT2D eigenvalue weighted by molar-refractivity contribution is 6.12. The minimum Gasteiger partial charge on any atom is -0.353 e. The summed E-state index contributed by atoms with van der Waals surface area (Å²) in [6, 6.07) is 12.4. The number of aromatic nitrogens is 1. The molecule has 0 spiro atoms. The van der Waals surface area contributed by atoms with Crippen LogP contribution in [0.1, 0.15) is 0 Å². The third-order valence-electron chi connectivity index (χ3n) is 2.89. The molecule has 0 atom stereocenters. The Kier molecular flexibility index (Phi) is 1.08. The number of rotatable bonds is 0. The van der Waals surface area contributed by atoms with E-state index < -0.39 is 0 Å². The van der Waals surface area contributed by atoms with Crippen molar-refractivity contribution in [1.82, 2.24) is 4.98 Å². The maximum Gasteiger partial charge on any atom is 0.137 e. The van der Waals surface area contributed by atoms with Gasteiger partial charge in [-0.3, -0.25) is 0 Å². The smallest absolute Gasteiger partial charge is 0.137 e. The predicted molar refractivity (Wildman–Crippen MR) is 60.0 cm³/mol. The molecule has 1 aliphatic rings. The number of para-hydroxylation sites is 1. The SMILES string of the molecule is c1ccc2c(c1)[nH]c1c3c(ccc12)N=N3. The number of azo groups is 1. The average Bonchev–Trinajstić information content (AvgIpc) is 2.56. The van der Waals surface area contributed by atoms with Gasteiger partial charge >= 0.3 is 0 Å². The van der Waals surface area contributed by atoms with Crippen molar-refractivity contribution in [2.24, 2.45) is 10.2 Å². The fourth-order valence-corrected chi connectivity index (χ4v) is 2.13. The number of fused-ring (bicyclic) bond motifs is 5. The van der Waals surface area contributed by atoms with E-state index in [2.05, 4.69) is 39.5 Å². The van der Waals surface area contributed by atoms with Crippen LogP contribution in [0.3, 0.4) is 0 Å². The van der Waals surface area contributed by atoms with Gasteiger partial charge in [0.25, 0.3) is 0 Å². The number of hydrogen-bond acceptors (Lipinski definition) is 2. The molecular weight excluding hydrogens is 186 g/mol. The Hall–Kier alpha value is -2.16. The molecule has 4 rings (SSSR count). The van der Waals surface area contributed by atoms with Crippen molar-refractivity contribution in [3.05, 3.63) is 36.4 Å². The van der Waals surface area contributed by atoms with E-state index in [4.69, 9.17) is 0 Å². The van der Waals surface area contributed by atoms with Gasteiger partial charge < -0.3 is 4.98 Å². The summed E-state index contributed by atoms with van der Waals surface area (Å²) >= 11 is 0. The molecular formula is C12H7N3. The van der Waals surface area contributed by atoms with Crippen LogP contribution in [-0.2, 0) is 0 Å². The Labute approximate surface area is 85.4 Å². The highest BCUT2D eigenvalue weighted by atomic mass is 15.2. The molecule has 0 amide bonds. The summed E-state index contributed by atoms with van der Waals surface area (Å²) < 4.78 is 0. The first-order valence-corrected chi connectivity index (χ1v) is 4.89. The van der Waals surface area contributed by atoms with Crippen LogP contribution >= 0.6 is 0 Å². The number of H-pyrrole nitrogens is 1. The highest BCUT2D eigenvalue weighted by Gasteiger charge is 2.16. The highest BCUT2D eigenvalue weighted by Crippen LogP contribution is 2.44. The van der Waals surface area contributed by atoms with Gasteiger partial charge in [0.2, 0.25) is 0 Å². The van der Waals surface area contributed by atoms with Gasteiger partial charge in [-0.1, -0.05) is 18.2 Å². The maximum absolute atomic E-state index is 4.05. The first kappa shape index (κ1) is 7.17. The van der Waals surface area contributed by atoms with Crippen LogP contribution in [0.4, 0.5) is 11.4 Å². The Morgan fingerprint density at radius 1 is 0.867 bits per heavy atom. The molecule has 0 fully saturated rings. The van der Waals surface area contributed by atoms with Crippen molar-refractivity contribution < 1.29 is 0 Å². The second-order valence-corrected chi connectivity index (χ2v) is 3.73. The van der Waals surface area contributed by atoms with Crippen molar-refractivity contribution in [3.8, 4) is 0 Å². The summed E-state index contributed by atoms with van der Waals surface area (Å²) in [5.41, 5.74) is 4.23. The molecule has 1 N–H and O–H groups in total. The minimum absolute atomic E-state index is 0.981. The zero-order chi connectivity index (χ0) is 9.83. The molecule has 70 valence electrons. The van der Waals surface area contributed by atoms with Crippen molar-refractivity contribution in [1.29, 1.82) is 0 Å². The minimum atomic E-state index is 0.981. The van der Waals surface area contributed by atoms with Crippen LogP contribution in [0.25, 0.3) is 21.8 Å². The predicted octanol–water partition coefficient (Wildman–Crippen LogP) is 4.05. The Morgan fingerprint density at radius 2 is 1.80 bits per heavy atom. The van der Waals surface area contributed by atoms with E-state index in [1.165, 1.54) is 10.8 Å². The van der Waals surface area contributed by atoms with E-state index in [0.717, 1.165) is 22.4 Å². The molecule has 3 aromatic rings. The second-order valence-electron chi connectivity index (χ2n) is 3.73. The number of benzene rings is 2. The van der Waals surface area contributed by atoms with E-state index in [1.807, 2.05) is 12.1 Å². The lowest BCUT2D eigenvalue weighted by atomic mass is 10.1. The summed E-state index contributed by atoms with van der Waals surface area (Å²) in [5.74, 6) is 0. The molecule has 3 nitrogen and oxygen atoms in total. The van der Waals surface area contributed by atoms with Gasteiger partial charge in [0.05, 0.1) is 5.52 Å². The monoisotopic (exact) mass is 193 g/mol. The molecule has 0 aliphatic carbocycles. The summed E-state index contributed by atoms with van der Waals surface area (Å²) in [4.78, 5) is 3.38. The number of nitrogens with one attached hydrogen (secondary N) is 1. The molecule has 0 bridgehead atoms. The van der Waals surface area contributed by atoms with Crippen molar-refractivity contribution in [2.75, 3.05) is 0 Å². The van der Waals surface area contributed by atoms with Gasteiger partial charge in [0.1, 0.15) is 11.4 Å². The standard InChI is InChI=1S/C12H7N3/c1-2-4-9-7(3-1)8-5-6-10-12(15-14-10)11(8)13-9/h1-6,13H. The summed E-state index contributed by atoms with van der Waals surface area (Å²) in [5, 5.41) is 10.5. The van der Waals surface area contributed by atoms with Crippen molar-refractivity contribution in [3.63, 3.8) is 0 Å². The molecule has 0 unspecified atom stereocenters. The van der Waals surface area contributed by atoms with Gasteiger partial charge in [-0.25, -0.2) is 0 Å². The molecule has 0 radical (unpaired) electrons. The van der Waals surface area contributed by atoms with Crippen LogP contribution in [0.2, 0.25) is 0 Å². The fourth-order valence-electron chi connectivity index (χ4n) is 2.13. The summed E-state index contributed by atoms with van der Waals surface area (Å²) in [7, 11) is 0. The van der Waals surface area contributed by atoms with Crippen LogP contribution in [0, 0.1) is 0 Å². The van der Waals surface area contributed by atoms with Crippen LogP contribution in [-0.4, -0.2) is 4.98 Å². The molecule has 15 heavy (non-hydrogen) atoms. The molecule has 2 aromatic carbocycles. The van der Waals surface area contributed by atoms with Crippen LogP contribution in [0.5, 0.6) is 0 Å². The van der Waals surface area contributed by atoms with E-state index in [-0.39, 0.29) is 0 Å². The largest absolute Gasteiger partial charge is 0.353 e. The van der Waals surface area contributed by atoms with Gasteiger partial charge in [-0.2, -0.15) is 0 Å². The van der Waals surface area contributed by atoms with Gasteiger partial charge in [0.15, 0.2) is 0 Å². The normalized spacial score (nSPS) is 13.1. The topological polar surface area (TPSA) is 40.5 Å². The lowest BCUT2D eigenvalue weighted by molar-refractivity contribution is 1.15. The molecule has 3 heteroatoms. The van der Waals surface area contributed by atoms with E-state index in [0.29, 0.717) is 0 Å².